The minimum absolute atomic E-state index is 0. The molecule has 1 saturated carbocycles. The molecule has 4 heterocycles. The lowest BCUT2D eigenvalue weighted by molar-refractivity contribution is -0.0236. The first-order valence-electron chi connectivity index (χ1n) is 11.0. The van der Waals surface area contributed by atoms with Gasteiger partial charge in [0, 0.05) is 4.75 Å². The zero-order valence-corrected chi connectivity index (χ0v) is 22.7. The first-order valence-corrected chi connectivity index (χ1v) is 15.1. The number of ether oxygens (including phenoxy) is 1. The van der Waals surface area contributed by atoms with Crippen LogP contribution >= 0.6 is 30.6 Å². The van der Waals surface area contributed by atoms with Gasteiger partial charge in [0.05, 0.1) is 25.1 Å². The Kier molecular flexibility index (Phi) is 7.25. The molecule has 2 saturated heterocycles. The fourth-order valence-electron chi connectivity index (χ4n) is 4.93. The fourth-order valence-corrected chi connectivity index (χ4v) is 12.1. The molecule has 0 bridgehead atoms. The van der Waals surface area contributed by atoms with Crippen LogP contribution in [0, 0.1) is 11.8 Å². The van der Waals surface area contributed by atoms with Crippen LogP contribution in [-0.4, -0.2) is 43.1 Å². The smallest absolute Gasteiger partial charge is 0.248 e. The summed E-state index contributed by atoms with van der Waals surface area (Å²) < 4.78 is 21.1. The van der Waals surface area contributed by atoms with Gasteiger partial charge in [0.15, 0.2) is 11.5 Å². The van der Waals surface area contributed by atoms with E-state index >= 15 is 0 Å². The molecule has 0 amide bonds. The molecule has 2 aromatic heterocycles. The number of aromatic nitrogens is 4. The minimum Gasteiger partial charge on any atom is -0.382 e. The molecule has 3 aliphatic rings. The van der Waals surface area contributed by atoms with Crippen molar-refractivity contribution in [2.75, 3.05) is 12.3 Å². The van der Waals surface area contributed by atoms with E-state index in [9.17, 15) is 0 Å². The Bertz CT molecular complexity index is 1100. The van der Waals surface area contributed by atoms with Crippen molar-refractivity contribution in [2.45, 2.75) is 69.6 Å². The standard InChI is InChI=1S/C21H30N5O3PS2.H2S/c1-12(2)14-5-6-21(4)16(8-14)29-30(31,32-21)27-9-15-13(3)7-17(28-15)26-11-25-18-19(22)23-10-24-20(18)26;/h10-11,13-17H,1,5-9H2,2-4H3,(H2,22,23,24);1H2/t13-,14+,15+,16-,17+,21-,30-;/m0./s1. The molecule has 3 fully saturated rings. The lowest BCUT2D eigenvalue weighted by atomic mass is 9.77. The Morgan fingerprint density at radius 3 is 2.97 bits per heavy atom. The highest BCUT2D eigenvalue weighted by Crippen LogP contribution is 2.75. The van der Waals surface area contributed by atoms with E-state index in [1.165, 1.54) is 11.9 Å². The normalized spacial score (nSPS) is 38.2. The van der Waals surface area contributed by atoms with Crippen molar-refractivity contribution in [1.29, 1.82) is 0 Å². The number of anilines is 1. The van der Waals surface area contributed by atoms with Crippen molar-refractivity contribution in [1.82, 2.24) is 19.5 Å². The van der Waals surface area contributed by atoms with Crippen LogP contribution in [-0.2, 0) is 25.6 Å². The van der Waals surface area contributed by atoms with Gasteiger partial charge in [-0.25, -0.2) is 15.0 Å². The van der Waals surface area contributed by atoms with Crippen LogP contribution < -0.4 is 5.73 Å². The molecule has 2 N–H and O–H groups in total. The average molecular weight is 530 g/mol. The number of nitrogens with two attached hydrogens (primary N) is 1. The van der Waals surface area contributed by atoms with E-state index in [0.29, 0.717) is 35.4 Å². The number of imidazole rings is 1. The summed E-state index contributed by atoms with van der Waals surface area (Å²) >= 11 is 7.67. The third kappa shape index (κ3) is 4.75. The summed E-state index contributed by atoms with van der Waals surface area (Å²) in [4.78, 5) is 12.7. The van der Waals surface area contributed by atoms with Gasteiger partial charge in [-0.2, -0.15) is 13.5 Å². The van der Waals surface area contributed by atoms with Crippen LogP contribution in [0.25, 0.3) is 11.2 Å². The molecule has 1 aliphatic carbocycles. The molecule has 182 valence electrons. The van der Waals surface area contributed by atoms with Crippen molar-refractivity contribution in [3.63, 3.8) is 0 Å². The quantitative estimate of drug-likeness (QED) is 0.426. The van der Waals surface area contributed by atoms with Crippen molar-refractivity contribution in [2.24, 2.45) is 11.8 Å². The minimum atomic E-state index is -2.42. The number of fused-ring (bicyclic) bond motifs is 2. The van der Waals surface area contributed by atoms with E-state index in [0.717, 1.165) is 25.7 Å². The molecule has 0 unspecified atom stereocenters. The summed E-state index contributed by atoms with van der Waals surface area (Å²) in [7, 11) is 0. The SMILES string of the molecule is C=C(C)[C@@H]1CC[C@]2(C)S[P@@](=S)(OC[C@H]3O[C@@H](n4cnc5c(N)ncnc54)C[C@@H]3C)O[C@H]2C1.S. The summed E-state index contributed by atoms with van der Waals surface area (Å²) in [5.41, 5.74) is 6.02. The van der Waals surface area contributed by atoms with E-state index in [1.54, 1.807) is 17.7 Å². The molecule has 12 heteroatoms. The number of rotatable bonds is 5. The summed E-state index contributed by atoms with van der Waals surface area (Å²) in [6.07, 6.45) is 7.10. The van der Waals surface area contributed by atoms with E-state index < -0.39 is 5.69 Å². The maximum absolute atomic E-state index is 6.43. The number of nitrogen functional groups attached to an aromatic ring is 1. The first kappa shape index (κ1) is 25.4. The molecule has 8 nitrogen and oxygen atoms in total. The number of hydrogen-bond acceptors (Lipinski definition) is 9. The lowest BCUT2D eigenvalue weighted by Gasteiger charge is -2.37. The van der Waals surface area contributed by atoms with Gasteiger partial charge < -0.3 is 19.5 Å². The van der Waals surface area contributed by atoms with Gasteiger partial charge in [0.1, 0.15) is 18.1 Å². The highest BCUT2D eigenvalue weighted by Gasteiger charge is 2.53. The predicted molar refractivity (Wildman–Crippen MR) is 141 cm³/mol. The van der Waals surface area contributed by atoms with Gasteiger partial charge in [-0.3, -0.25) is 4.57 Å². The molecule has 0 radical (unpaired) electrons. The van der Waals surface area contributed by atoms with Crippen molar-refractivity contribution < 1.29 is 13.8 Å². The Hall–Kier alpha value is -0.680. The topological polar surface area (TPSA) is 97.3 Å². The Labute approximate surface area is 210 Å². The third-order valence-electron chi connectivity index (χ3n) is 7.08. The van der Waals surface area contributed by atoms with Crippen LogP contribution in [0.2, 0.25) is 0 Å². The number of hydrogen-bond donors (Lipinski definition) is 1. The Balaban J connectivity index is 0.00000259. The zero-order chi connectivity index (χ0) is 22.7. The third-order valence-corrected chi connectivity index (χ3v) is 12.9. The molecule has 0 aromatic carbocycles. The largest absolute Gasteiger partial charge is 0.382 e. The fraction of sp³-hybridized carbons (Fsp3) is 0.667. The van der Waals surface area contributed by atoms with E-state index in [4.69, 9.17) is 31.3 Å². The molecule has 5 rings (SSSR count). The van der Waals surface area contributed by atoms with Crippen LogP contribution in [0.15, 0.2) is 24.8 Å². The maximum atomic E-state index is 6.43. The molecule has 7 atom stereocenters. The van der Waals surface area contributed by atoms with Gasteiger partial charge >= 0.3 is 0 Å². The van der Waals surface area contributed by atoms with Crippen molar-refractivity contribution in [3.8, 4) is 0 Å². The monoisotopic (exact) mass is 529 g/mol. The molecular weight excluding hydrogens is 497 g/mol. The summed E-state index contributed by atoms with van der Waals surface area (Å²) in [5, 5.41) is 0. The molecule has 2 aromatic rings. The Morgan fingerprint density at radius 2 is 2.21 bits per heavy atom. The van der Waals surface area contributed by atoms with Gasteiger partial charge in [0.25, 0.3) is 0 Å². The zero-order valence-electron chi connectivity index (χ0n) is 19.1. The van der Waals surface area contributed by atoms with Gasteiger partial charge in [0.2, 0.25) is 5.69 Å². The van der Waals surface area contributed by atoms with E-state index in [2.05, 4.69) is 42.3 Å². The number of allylic oxidation sites excluding steroid dienone is 1. The molecule has 0 spiro atoms. The van der Waals surface area contributed by atoms with E-state index in [1.807, 2.05) is 4.57 Å². The Morgan fingerprint density at radius 1 is 1.42 bits per heavy atom. The highest BCUT2D eigenvalue weighted by molar-refractivity contribution is 8.68. The lowest BCUT2D eigenvalue weighted by Crippen LogP contribution is -2.39. The molecule has 33 heavy (non-hydrogen) atoms. The summed E-state index contributed by atoms with van der Waals surface area (Å²) in [6, 6.07) is 0. The van der Waals surface area contributed by atoms with Crippen LogP contribution in [0.1, 0.15) is 52.7 Å². The van der Waals surface area contributed by atoms with E-state index in [-0.39, 0.29) is 36.7 Å². The van der Waals surface area contributed by atoms with Crippen molar-refractivity contribution >= 4 is 59.4 Å². The maximum Gasteiger partial charge on any atom is 0.248 e. The second kappa shape index (κ2) is 9.41. The van der Waals surface area contributed by atoms with Gasteiger partial charge in [-0.1, -0.05) is 30.5 Å². The van der Waals surface area contributed by atoms with Gasteiger partial charge in [-0.15, -0.1) is 0 Å². The van der Waals surface area contributed by atoms with Crippen LogP contribution in [0.5, 0.6) is 0 Å². The summed E-state index contributed by atoms with van der Waals surface area (Å²) in [5.74, 6) is 1.19. The first-order chi connectivity index (χ1) is 15.2. The predicted octanol–water partition coefficient (Wildman–Crippen LogP) is 4.95. The van der Waals surface area contributed by atoms with Crippen LogP contribution in [0.3, 0.4) is 0 Å². The van der Waals surface area contributed by atoms with Gasteiger partial charge in [-0.05, 0) is 63.2 Å². The molecule has 2 aliphatic heterocycles. The van der Waals surface area contributed by atoms with Crippen LogP contribution in [0.4, 0.5) is 5.82 Å². The average Bonchev–Trinajstić information content (AvgIpc) is 3.39. The number of nitrogens with zero attached hydrogens (tertiary/aromatic N) is 4. The molecular formula is C21H32N5O3PS3. The second-order valence-corrected chi connectivity index (χ2v) is 16.1. The highest BCUT2D eigenvalue weighted by atomic mass is 32.9. The second-order valence-electron chi connectivity index (χ2n) is 9.48. The summed E-state index contributed by atoms with van der Waals surface area (Å²) in [6.45, 7) is 11.1. The van der Waals surface area contributed by atoms with Crippen molar-refractivity contribution in [3.05, 3.63) is 24.8 Å².